The number of carbonyl (C=O) groups excluding carboxylic acids is 1. The maximum atomic E-state index is 12.5. The van der Waals surface area contributed by atoms with E-state index in [4.69, 9.17) is 21.1 Å². The van der Waals surface area contributed by atoms with Gasteiger partial charge in [0, 0.05) is 17.1 Å². The Labute approximate surface area is 191 Å². The second-order valence-electron chi connectivity index (χ2n) is 7.50. The van der Waals surface area contributed by atoms with Crippen molar-refractivity contribution in [2.75, 3.05) is 12.9 Å². The lowest BCUT2D eigenvalue weighted by molar-refractivity contribution is 0.102. The maximum Gasteiger partial charge on any atom is 0.191 e. The number of halogens is 1. The van der Waals surface area contributed by atoms with Crippen LogP contribution in [0.1, 0.15) is 43.1 Å². The lowest BCUT2D eigenvalue weighted by Gasteiger charge is -2.18. The van der Waals surface area contributed by atoms with Crippen molar-refractivity contribution >= 4 is 29.1 Å². The van der Waals surface area contributed by atoms with Crippen molar-refractivity contribution in [2.24, 2.45) is 5.92 Å². The number of ketones is 1. The van der Waals surface area contributed by atoms with Crippen molar-refractivity contribution in [2.45, 2.75) is 38.6 Å². The molecule has 164 valence electrons. The van der Waals surface area contributed by atoms with Gasteiger partial charge in [-0.2, -0.15) is 0 Å². The number of carbonyl (C=O) groups is 1. The summed E-state index contributed by atoms with van der Waals surface area (Å²) in [4.78, 5) is 12.5. The molecule has 0 saturated heterocycles. The summed E-state index contributed by atoms with van der Waals surface area (Å²) in [6, 6.07) is 14.3. The van der Waals surface area contributed by atoms with E-state index in [0.29, 0.717) is 21.7 Å². The number of nitrogens with zero attached hydrogens (tertiary/aromatic N) is 3. The molecule has 0 radical (unpaired) electrons. The first-order valence-electron chi connectivity index (χ1n) is 10.0. The molecule has 0 aliphatic rings. The number of methoxy groups -OCH3 is 1. The summed E-state index contributed by atoms with van der Waals surface area (Å²) in [5, 5.41) is 10.0. The number of hydrogen-bond donors (Lipinski definition) is 0. The highest BCUT2D eigenvalue weighted by molar-refractivity contribution is 7.99. The summed E-state index contributed by atoms with van der Waals surface area (Å²) in [7, 11) is 1.63. The molecule has 31 heavy (non-hydrogen) atoms. The largest absolute Gasteiger partial charge is 0.497 e. The van der Waals surface area contributed by atoms with E-state index in [-0.39, 0.29) is 17.6 Å². The Morgan fingerprint density at radius 1 is 1.03 bits per heavy atom. The first-order chi connectivity index (χ1) is 14.9. The molecule has 1 unspecified atom stereocenters. The molecular weight excluding hydrogens is 434 g/mol. The Morgan fingerprint density at radius 2 is 1.68 bits per heavy atom. The van der Waals surface area contributed by atoms with Crippen LogP contribution < -0.4 is 9.47 Å². The molecule has 1 aromatic heterocycles. The van der Waals surface area contributed by atoms with E-state index in [1.54, 1.807) is 31.4 Å². The van der Waals surface area contributed by atoms with Crippen molar-refractivity contribution in [1.82, 2.24) is 14.8 Å². The number of ether oxygens (including phenoxy) is 2. The van der Waals surface area contributed by atoms with E-state index >= 15 is 0 Å². The number of hydrogen-bond acceptors (Lipinski definition) is 6. The Bertz CT molecular complexity index is 1000. The highest BCUT2D eigenvalue weighted by atomic mass is 35.5. The monoisotopic (exact) mass is 459 g/mol. The van der Waals surface area contributed by atoms with E-state index in [1.165, 1.54) is 11.8 Å². The third-order valence-electron chi connectivity index (χ3n) is 4.53. The van der Waals surface area contributed by atoms with Gasteiger partial charge in [-0.05, 0) is 61.4 Å². The molecule has 3 rings (SSSR count). The first-order valence-corrected chi connectivity index (χ1v) is 11.4. The summed E-state index contributed by atoms with van der Waals surface area (Å²) >= 11 is 7.29. The minimum absolute atomic E-state index is 0.0184. The highest BCUT2D eigenvalue weighted by Crippen LogP contribution is 2.27. The van der Waals surface area contributed by atoms with E-state index in [0.717, 1.165) is 23.9 Å². The van der Waals surface area contributed by atoms with E-state index in [9.17, 15) is 4.79 Å². The molecule has 8 heteroatoms. The normalized spacial score (nSPS) is 12.1. The Morgan fingerprint density at radius 3 is 2.29 bits per heavy atom. The second kappa shape index (κ2) is 10.7. The average molecular weight is 460 g/mol. The van der Waals surface area contributed by atoms with Gasteiger partial charge in [0.2, 0.25) is 0 Å². The fourth-order valence-electron chi connectivity index (χ4n) is 3.00. The maximum absolute atomic E-state index is 12.5. The van der Waals surface area contributed by atoms with Crippen molar-refractivity contribution in [3.63, 3.8) is 0 Å². The first kappa shape index (κ1) is 23.2. The summed E-state index contributed by atoms with van der Waals surface area (Å²) < 4.78 is 13.3. The number of rotatable bonds is 10. The molecule has 2 aromatic carbocycles. The summed E-state index contributed by atoms with van der Waals surface area (Å²) in [5.74, 6) is 2.89. The van der Waals surface area contributed by atoms with Crippen LogP contribution in [0.4, 0.5) is 0 Å². The van der Waals surface area contributed by atoms with E-state index in [2.05, 4.69) is 24.0 Å². The van der Waals surface area contributed by atoms with Gasteiger partial charge in [0.05, 0.1) is 12.9 Å². The summed E-state index contributed by atoms with van der Waals surface area (Å²) in [6.07, 6.45) is -0.305. The predicted molar refractivity (Wildman–Crippen MR) is 123 cm³/mol. The molecule has 0 aliphatic heterocycles. The minimum Gasteiger partial charge on any atom is -0.497 e. The molecule has 1 atom stereocenters. The number of Topliss-reactive ketones (excluding diaryl/α,β-unsaturated/α-hetero) is 1. The van der Waals surface area contributed by atoms with E-state index < -0.39 is 0 Å². The standard InChI is InChI=1S/C23H26ClN3O3S/c1-15(2)13-27-22(16(3)30-20-11-9-19(29-4)10-12-20)25-26-23(27)31-14-21(28)17-5-7-18(24)8-6-17/h5-12,15-16H,13-14H2,1-4H3. The van der Waals surface area contributed by atoms with Crippen LogP contribution in [0.2, 0.25) is 5.02 Å². The predicted octanol–water partition coefficient (Wildman–Crippen LogP) is 5.71. The van der Waals surface area contributed by atoms with Crippen LogP contribution in [-0.4, -0.2) is 33.4 Å². The third kappa shape index (κ3) is 6.24. The highest BCUT2D eigenvalue weighted by Gasteiger charge is 2.21. The quantitative estimate of drug-likeness (QED) is 0.285. The zero-order valence-electron chi connectivity index (χ0n) is 18.0. The van der Waals surface area contributed by atoms with Gasteiger partial charge in [-0.15, -0.1) is 10.2 Å². The van der Waals surface area contributed by atoms with Gasteiger partial charge >= 0.3 is 0 Å². The molecule has 0 saturated carbocycles. The Balaban J connectivity index is 1.73. The second-order valence-corrected chi connectivity index (χ2v) is 8.88. The Kier molecular flexibility index (Phi) is 7.98. The lowest BCUT2D eigenvalue weighted by atomic mass is 10.1. The van der Waals surface area contributed by atoms with Crippen LogP contribution in [-0.2, 0) is 6.54 Å². The van der Waals surface area contributed by atoms with Crippen LogP contribution in [0.3, 0.4) is 0 Å². The molecule has 0 amide bonds. The van der Waals surface area contributed by atoms with Crippen LogP contribution in [0.15, 0.2) is 53.7 Å². The van der Waals surface area contributed by atoms with Gasteiger partial charge in [0.15, 0.2) is 22.9 Å². The van der Waals surface area contributed by atoms with Gasteiger partial charge in [0.25, 0.3) is 0 Å². The number of aromatic nitrogens is 3. The van der Waals surface area contributed by atoms with Crippen molar-refractivity contribution in [1.29, 1.82) is 0 Å². The number of benzene rings is 2. The zero-order valence-corrected chi connectivity index (χ0v) is 19.6. The van der Waals surface area contributed by atoms with Gasteiger partial charge in [-0.1, -0.05) is 37.2 Å². The molecule has 0 bridgehead atoms. The van der Waals surface area contributed by atoms with Crippen molar-refractivity contribution in [3.05, 3.63) is 64.9 Å². The molecule has 0 spiro atoms. The third-order valence-corrected chi connectivity index (χ3v) is 5.75. The summed E-state index contributed by atoms with van der Waals surface area (Å²) in [6.45, 7) is 6.94. The van der Waals surface area contributed by atoms with Gasteiger partial charge in [0.1, 0.15) is 11.5 Å². The fourth-order valence-corrected chi connectivity index (χ4v) is 3.98. The molecule has 1 heterocycles. The van der Waals surface area contributed by atoms with Crippen molar-refractivity contribution in [3.8, 4) is 11.5 Å². The molecule has 0 fully saturated rings. The lowest BCUT2D eigenvalue weighted by Crippen LogP contribution is -2.15. The Hall–Kier alpha value is -2.51. The van der Waals surface area contributed by atoms with Gasteiger partial charge in [-0.25, -0.2) is 0 Å². The molecular formula is C23H26ClN3O3S. The molecule has 0 N–H and O–H groups in total. The van der Waals surface area contributed by atoms with Crippen LogP contribution in [0.25, 0.3) is 0 Å². The fraction of sp³-hybridized carbons (Fsp3) is 0.348. The summed E-state index contributed by atoms with van der Waals surface area (Å²) in [5.41, 5.74) is 0.628. The minimum atomic E-state index is -0.305. The number of thioether (sulfide) groups is 1. The van der Waals surface area contributed by atoms with E-state index in [1.807, 2.05) is 35.8 Å². The SMILES string of the molecule is COc1ccc(OC(C)c2nnc(SCC(=O)c3ccc(Cl)cc3)n2CC(C)C)cc1. The average Bonchev–Trinajstić information content (AvgIpc) is 3.15. The topological polar surface area (TPSA) is 66.2 Å². The zero-order chi connectivity index (χ0) is 22.4. The smallest absolute Gasteiger partial charge is 0.191 e. The van der Waals surface area contributed by atoms with Crippen LogP contribution >= 0.6 is 23.4 Å². The van der Waals surface area contributed by atoms with Crippen LogP contribution in [0.5, 0.6) is 11.5 Å². The molecule has 3 aromatic rings. The van der Waals surface area contributed by atoms with Crippen LogP contribution in [0, 0.1) is 5.92 Å². The van der Waals surface area contributed by atoms with Crippen molar-refractivity contribution < 1.29 is 14.3 Å². The molecule has 0 aliphatic carbocycles. The van der Waals surface area contributed by atoms with Gasteiger partial charge < -0.3 is 14.0 Å². The van der Waals surface area contributed by atoms with Gasteiger partial charge in [-0.3, -0.25) is 4.79 Å². The molecule has 6 nitrogen and oxygen atoms in total.